The monoisotopic (exact) mass is 315 g/mol. The SMILES string of the molecule is C=CCNC(=NC)NCc1ccc(COCC(F)(F)F)cc1. The maximum Gasteiger partial charge on any atom is 0.411 e. The minimum atomic E-state index is -4.29. The van der Waals surface area contributed by atoms with Crippen LogP contribution in [0.5, 0.6) is 0 Å². The largest absolute Gasteiger partial charge is 0.411 e. The minimum Gasteiger partial charge on any atom is -0.367 e. The Kier molecular flexibility index (Phi) is 7.45. The van der Waals surface area contributed by atoms with Crippen LogP contribution in [0, 0.1) is 0 Å². The second-order valence-electron chi connectivity index (χ2n) is 4.52. The summed E-state index contributed by atoms with van der Waals surface area (Å²) in [6.45, 7) is 3.48. The van der Waals surface area contributed by atoms with Gasteiger partial charge in [0, 0.05) is 20.1 Å². The van der Waals surface area contributed by atoms with E-state index < -0.39 is 12.8 Å². The Bertz CT molecular complexity index is 484. The van der Waals surface area contributed by atoms with Crippen molar-refractivity contribution in [1.29, 1.82) is 0 Å². The molecule has 0 amide bonds. The predicted octanol–water partition coefficient (Wildman–Crippen LogP) is 2.62. The molecule has 0 spiro atoms. The average Bonchev–Trinajstić information content (AvgIpc) is 2.47. The van der Waals surface area contributed by atoms with E-state index in [1.165, 1.54) is 0 Å². The Morgan fingerprint density at radius 1 is 1.23 bits per heavy atom. The van der Waals surface area contributed by atoms with E-state index in [0.717, 1.165) is 5.56 Å². The Balaban J connectivity index is 2.39. The molecule has 1 aromatic rings. The Labute approximate surface area is 128 Å². The van der Waals surface area contributed by atoms with Crippen molar-refractivity contribution in [2.75, 3.05) is 20.2 Å². The first-order chi connectivity index (χ1) is 10.4. The molecule has 1 aromatic carbocycles. The third-order valence-electron chi connectivity index (χ3n) is 2.65. The summed E-state index contributed by atoms with van der Waals surface area (Å²) in [6, 6.07) is 7.15. The molecule has 0 aliphatic carbocycles. The molecular weight excluding hydrogens is 295 g/mol. The lowest BCUT2D eigenvalue weighted by atomic mass is 10.1. The van der Waals surface area contributed by atoms with Gasteiger partial charge in [0.05, 0.1) is 6.61 Å². The fourth-order valence-corrected chi connectivity index (χ4v) is 1.61. The number of rotatable bonds is 7. The highest BCUT2D eigenvalue weighted by Gasteiger charge is 2.27. The molecule has 7 heteroatoms. The molecule has 0 unspecified atom stereocenters. The van der Waals surface area contributed by atoms with Gasteiger partial charge in [0.25, 0.3) is 0 Å². The van der Waals surface area contributed by atoms with Gasteiger partial charge in [0.1, 0.15) is 6.61 Å². The lowest BCUT2D eigenvalue weighted by molar-refractivity contribution is -0.176. The summed E-state index contributed by atoms with van der Waals surface area (Å²) in [4.78, 5) is 4.04. The predicted molar refractivity (Wildman–Crippen MR) is 80.6 cm³/mol. The summed E-state index contributed by atoms with van der Waals surface area (Å²) in [6.07, 6.45) is -2.57. The van der Waals surface area contributed by atoms with E-state index in [1.54, 1.807) is 25.3 Å². The molecule has 0 atom stereocenters. The normalized spacial score (nSPS) is 12.1. The Hall–Kier alpha value is -2.02. The van der Waals surface area contributed by atoms with E-state index in [9.17, 15) is 13.2 Å². The van der Waals surface area contributed by atoms with Gasteiger partial charge >= 0.3 is 6.18 Å². The van der Waals surface area contributed by atoms with Crippen molar-refractivity contribution in [3.05, 3.63) is 48.0 Å². The number of aliphatic imine (C=N–C) groups is 1. The van der Waals surface area contributed by atoms with Crippen LogP contribution < -0.4 is 10.6 Å². The molecule has 0 fully saturated rings. The van der Waals surface area contributed by atoms with Gasteiger partial charge in [0.2, 0.25) is 0 Å². The summed E-state index contributed by atoms with van der Waals surface area (Å²) in [5.41, 5.74) is 1.68. The average molecular weight is 315 g/mol. The van der Waals surface area contributed by atoms with Gasteiger partial charge < -0.3 is 15.4 Å². The molecule has 2 N–H and O–H groups in total. The van der Waals surface area contributed by atoms with E-state index in [2.05, 4.69) is 26.9 Å². The molecule has 1 rings (SSSR count). The van der Waals surface area contributed by atoms with Gasteiger partial charge in [-0.25, -0.2) is 0 Å². The zero-order valence-electron chi connectivity index (χ0n) is 12.4. The van der Waals surface area contributed by atoms with Gasteiger partial charge in [-0.05, 0) is 11.1 Å². The lowest BCUT2D eigenvalue weighted by Gasteiger charge is -2.11. The fourth-order valence-electron chi connectivity index (χ4n) is 1.61. The van der Waals surface area contributed by atoms with Crippen molar-refractivity contribution in [3.63, 3.8) is 0 Å². The zero-order chi connectivity index (χ0) is 16.4. The third kappa shape index (κ3) is 7.68. The van der Waals surface area contributed by atoms with Crippen molar-refractivity contribution >= 4 is 5.96 Å². The molecule has 0 aliphatic rings. The number of nitrogens with one attached hydrogen (secondary N) is 2. The molecule has 4 nitrogen and oxygen atoms in total. The molecule has 0 aromatic heterocycles. The number of benzene rings is 1. The Morgan fingerprint density at radius 3 is 2.41 bits per heavy atom. The molecule has 0 bridgehead atoms. The number of halogens is 3. The number of alkyl halides is 3. The Morgan fingerprint density at radius 2 is 1.86 bits per heavy atom. The number of guanidine groups is 1. The summed E-state index contributed by atoms with van der Waals surface area (Å²) in [5.74, 6) is 0.650. The standard InChI is InChI=1S/C15H20F3N3O/c1-3-8-20-14(19-2)21-9-12-4-6-13(7-5-12)10-22-11-15(16,17)18/h3-7H,1,8-11H2,2H3,(H2,19,20,21). The first kappa shape index (κ1) is 18.0. The van der Waals surface area contributed by atoms with Gasteiger partial charge in [-0.2, -0.15) is 13.2 Å². The van der Waals surface area contributed by atoms with Crippen LogP contribution in [0.3, 0.4) is 0 Å². The molecule has 0 heterocycles. The number of nitrogens with zero attached hydrogens (tertiary/aromatic N) is 1. The van der Waals surface area contributed by atoms with Gasteiger partial charge in [-0.15, -0.1) is 6.58 Å². The first-order valence-corrected chi connectivity index (χ1v) is 6.72. The molecule has 0 aliphatic heterocycles. The molecule has 0 saturated carbocycles. The van der Waals surface area contributed by atoms with Crippen molar-refractivity contribution in [2.24, 2.45) is 4.99 Å². The zero-order valence-corrected chi connectivity index (χ0v) is 12.4. The van der Waals surface area contributed by atoms with Crippen LogP contribution in [0.25, 0.3) is 0 Å². The van der Waals surface area contributed by atoms with Gasteiger partial charge in [-0.1, -0.05) is 30.3 Å². The summed E-state index contributed by atoms with van der Waals surface area (Å²) < 4.78 is 40.5. The molecule has 0 radical (unpaired) electrons. The summed E-state index contributed by atoms with van der Waals surface area (Å²) in [7, 11) is 1.67. The van der Waals surface area contributed by atoms with Crippen LogP contribution in [0.4, 0.5) is 13.2 Å². The topological polar surface area (TPSA) is 45.7 Å². The summed E-state index contributed by atoms with van der Waals surface area (Å²) >= 11 is 0. The summed E-state index contributed by atoms with van der Waals surface area (Å²) in [5, 5.41) is 6.15. The van der Waals surface area contributed by atoms with E-state index in [4.69, 9.17) is 0 Å². The van der Waals surface area contributed by atoms with E-state index in [1.807, 2.05) is 12.1 Å². The van der Waals surface area contributed by atoms with Crippen LogP contribution in [-0.4, -0.2) is 32.3 Å². The number of hydrogen-bond donors (Lipinski definition) is 2. The maximum atomic E-state index is 12.0. The molecule has 0 saturated heterocycles. The van der Waals surface area contributed by atoms with Crippen molar-refractivity contribution in [3.8, 4) is 0 Å². The van der Waals surface area contributed by atoms with Crippen LogP contribution in [-0.2, 0) is 17.9 Å². The van der Waals surface area contributed by atoms with Crippen LogP contribution in [0.15, 0.2) is 41.9 Å². The number of ether oxygens (including phenoxy) is 1. The van der Waals surface area contributed by atoms with Crippen molar-refractivity contribution in [2.45, 2.75) is 19.3 Å². The van der Waals surface area contributed by atoms with E-state index in [-0.39, 0.29) is 6.61 Å². The van der Waals surface area contributed by atoms with Gasteiger partial charge in [0.15, 0.2) is 5.96 Å². The highest BCUT2D eigenvalue weighted by Crippen LogP contribution is 2.15. The highest BCUT2D eigenvalue weighted by molar-refractivity contribution is 5.79. The van der Waals surface area contributed by atoms with Crippen LogP contribution in [0.2, 0.25) is 0 Å². The quantitative estimate of drug-likeness (QED) is 0.462. The number of hydrogen-bond acceptors (Lipinski definition) is 2. The first-order valence-electron chi connectivity index (χ1n) is 6.72. The van der Waals surface area contributed by atoms with E-state index >= 15 is 0 Å². The lowest BCUT2D eigenvalue weighted by Crippen LogP contribution is -2.36. The van der Waals surface area contributed by atoms with Crippen LogP contribution >= 0.6 is 0 Å². The van der Waals surface area contributed by atoms with Crippen molar-refractivity contribution < 1.29 is 17.9 Å². The third-order valence-corrected chi connectivity index (χ3v) is 2.65. The fraction of sp³-hybridized carbons (Fsp3) is 0.400. The highest BCUT2D eigenvalue weighted by atomic mass is 19.4. The maximum absolute atomic E-state index is 12.0. The van der Waals surface area contributed by atoms with E-state index in [0.29, 0.717) is 24.6 Å². The molecule has 22 heavy (non-hydrogen) atoms. The smallest absolute Gasteiger partial charge is 0.367 e. The second kappa shape index (κ2) is 9.09. The van der Waals surface area contributed by atoms with Gasteiger partial charge in [-0.3, -0.25) is 4.99 Å². The molecular formula is C15H20F3N3O. The van der Waals surface area contributed by atoms with Crippen molar-refractivity contribution in [1.82, 2.24) is 10.6 Å². The molecule has 122 valence electrons. The van der Waals surface area contributed by atoms with Crippen LogP contribution in [0.1, 0.15) is 11.1 Å². The second-order valence-corrected chi connectivity index (χ2v) is 4.52. The minimum absolute atomic E-state index is 0.0597.